The SMILES string of the molecule is COCC(C)OCC(O)CNCCc1ccn(C)n1. The summed E-state index contributed by atoms with van der Waals surface area (Å²) >= 11 is 0. The van der Waals surface area contributed by atoms with E-state index in [1.807, 2.05) is 26.2 Å². The minimum atomic E-state index is -0.497. The highest BCUT2D eigenvalue weighted by Crippen LogP contribution is 1.95. The minimum absolute atomic E-state index is 0.00756. The zero-order chi connectivity index (χ0) is 14.1. The Morgan fingerprint density at radius 3 is 2.89 bits per heavy atom. The molecule has 1 aromatic rings. The van der Waals surface area contributed by atoms with E-state index in [9.17, 15) is 5.11 Å². The third kappa shape index (κ3) is 7.27. The van der Waals surface area contributed by atoms with Gasteiger partial charge in [-0.25, -0.2) is 0 Å². The summed E-state index contributed by atoms with van der Waals surface area (Å²) in [6.45, 7) is 4.10. The number of rotatable bonds is 10. The molecule has 0 radical (unpaired) electrons. The van der Waals surface area contributed by atoms with E-state index < -0.39 is 6.10 Å². The Kier molecular flexibility index (Phi) is 7.66. The number of nitrogens with one attached hydrogen (secondary N) is 1. The Bertz CT molecular complexity index is 344. The highest BCUT2D eigenvalue weighted by molar-refractivity contribution is 4.98. The van der Waals surface area contributed by atoms with Gasteiger partial charge < -0.3 is 19.9 Å². The lowest BCUT2D eigenvalue weighted by atomic mass is 10.3. The van der Waals surface area contributed by atoms with Crippen molar-refractivity contribution in [2.75, 3.05) is 33.4 Å². The van der Waals surface area contributed by atoms with Crippen molar-refractivity contribution in [1.29, 1.82) is 0 Å². The lowest BCUT2D eigenvalue weighted by Crippen LogP contribution is -2.33. The fourth-order valence-corrected chi connectivity index (χ4v) is 1.70. The second-order valence-corrected chi connectivity index (χ2v) is 4.69. The van der Waals surface area contributed by atoms with Crippen molar-refractivity contribution in [3.8, 4) is 0 Å². The van der Waals surface area contributed by atoms with Crippen molar-refractivity contribution >= 4 is 0 Å². The van der Waals surface area contributed by atoms with E-state index in [0.29, 0.717) is 19.8 Å². The molecule has 0 saturated carbocycles. The minimum Gasteiger partial charge on any atom is -0.389 e. The van der Waals surface area contributed by atoms with Crippen molar-refractivity contribution in [3.63, 3.8) is 0 Å². The zero-order valence-electron chi connectivity index (χ0n) is 12.0. The first-order chi connectivity index (χ1) is 9.11. The van der Waals surface area contributed by atoms with Gasteiger partial charge >= 0.3 is 0 Å². The number of aliphatic hydroxyl groups is 1. The van der Waals surface area contributed by atoms with Crippen LogP contribution in [-0.2, 0) is 22.9 Å². The van der Waals surface area contributed by atoms with Gasteiger partial charge in [-0.05, 0) is 13.0 Å². The van der Waals surface area contributed by atoms with Gasteiger partial charge in [0.25, 0.3) is 0 Å². The average molecular weight is 271 g/mol. The van der Waals surface area contributed by atoms with Gasteiger partial charge in [-0.3, -0.25) is 4.68 Å². The van der Waals surface area contributed by atoms with Crippen molar-refractivity contribution < 1.29 is 14.6 Å². The molecule has 0 fully saturated rings. The first-order valence-corrected chi connectivity index (χ1v) is 6.59. The molecule has 0 amide bonds. The molecule has 110 valence electrons. The van der Waals surface area contributed by atoms with E-state index in [0.717, 1.165) is 18.7 Å². The molecule has 0 spiro atoms. The van der Waals surface area contributed by atoms with Crippen molar-refractivity contribution in [3.05, 3.63) is 18.0 Å². The fraction of sp³-hybridized carbons (Fsp3) is 0.769. The normalized spacial score (nSPS) is 14.5. The number of aryl methyl sites for hydroxylation is 1. The zero-order valence-corrected chi connectivity index (χ0v) is 12.0. The van der Waals surface area contributed by atoms with Crippen LogP contribution >= 0.6 is 0 Å². The van der Waals surface area contributed by atoms with Crippen LogP contribution in [0, 0.1) is 0 Å². The molecule has 2 unspecified atom stereocenters. The Hall–Kier alpha value is -0.950. The molecule has 0 aliphatic carbocycles. The van der Waals surface area contributed by atoms with Crippen molar-refractivity contribution in [2.45, 2.75) is 25.6 Å². The molecule has 0 aliphatic heterocycles. The standard InChI is InChI=1S/C13H25N3O3/c1-11(9-18-3)19-10-13(17)8-14-6-4-12-5-7-16(2)15-12/h5,7,11,13-14,17H,4,6,8-10H2,1-3H3. The van der Waals surface area contributed by atoms with Gasteiger partial charge in [-0.15, -0.1) is 0 Å². The van der Waals surface area contributed by atoms with Crippen LogP contribution in [0.1, 0.15) is 12.6 Å². The monoisotopic (exact) mass is 271 g/mol. The number of aromatic nitrogens is 2. The molecule has 2 N–H and O–H groups in total. The molecule has 0 aliphatic rings. The summed E-state index contributed by atoms with van der Waals surface area (Å²) in [7, 11) is 3.54. The molecule has 19 heavy (non-hydrogen) atoms. The lowest BCUT2D eigenvalue weighted by molar-refractivity contribution is -0.0310. The second-order valence-electron chi connectivity index (χ2n) is 4.69. The molecular formula is C13H25N3O3. The van der Waals surface area contributed by atoms with Crippen molar-refractivity contribution in [2.24, 2.45) is 7.05 Å². The van der Waals surface area contributed by atoms with E-state index >= 15 is 0 Å². The maximum absolute atomic E-state index is 9.72. The van der Waals surface area contributed by atoms with Crippen LogP contribution in [0.3, 0.4) is 0 Å². The predicted molar refractivity (Wildman–Crippen MR) is 73.1 cm³/mol. The Morgan fingerprint density at radius 2 is 2.26 bits per heavy atom. The summed E-state index contributed by atoms with van der Waals surface area (Å²) in [6.07, 6.45) is 2.29. The summed E-state index contributed by atoms with van der Waals surface area (Å²) in [5.74, 6) is 0. The Morgan fingerprint density at radius 1 is 1.47 bits per heavy atom. The molecule has 1 heterocycles. The summed E-state index contributed by atoms with van der Waals surface area (Å²) in [5.41, 5.74) is 1.05. The number of ether oxygens (including phenoxy) is 2. The first-order valence-electron chi connectivity index (χ1n) is 6.59. The largest absolute Gasteiger partial charge is 0.389 e. The highest BCUT2D eigenvalue weighted by atomic mass is 16.5. The van der Waals surface area contributed by atoms with Gasteiger partial charge in [0.05, 0.1) is 31.1 Å². The third-order valence-electron chi connectivity index (χ3n) is 2.68. The number of hydrogen-bond donors (Lipinski definition) is 2. The number of hydrogen-bond acceptors (Lipinski definition) is 5. The van der Waals surface area contributed by atoms with Gasteiger partial charge in [0.1, 0.15) is 0 Å². The van der Waals surface area contributed by atoms with Crippen LogP contribution < -0.4 is 5.32 Å². The maximum atomic E-state index is 9.72. The van der Waals surface area contributed by atoms with Gasteiger partial charge in [-0.1, -0.05) is 0 Å². The summed E-state index contributed by atoms with van der Waals surface area (Å²) in [5, 5.41) is 17.2. The molecule has 6 heteroatoms. The molecule has 0 bridgehead atoms. The van der Waals surface area contributed by atoms with E-state index in [1.54, 1.807) is 11.8 Å². The smallest absolute Gasteiger partial charge is 0.0897 e. The van der Waals surface area contributed by atoms with E-state index in [2.05, 4.69) is 10.4 Å². The van der Waals surface area contributed by atoms with Crippen LogP contribution in [0.25, 0.3) is 0 Å². The molecule has 2 atom stereocenters. The average Bonchev–Trinajstić information content (AvgIpc) is 2.78. The lowest BCUT2D eigenvalue weighted by Gasteiger charge is -2.16. The number of aliphatic hydroxyl groups excluding tert-OH is 1. The second kappa shape index (κ2) is 9.03. The molecule has 1 aromatic heterocycles. The quantitative estimate of drug-likeness (QED) is 0.585. The van der Waals surface area contributed by atoms with Crippen molar-refractivity contribution in [1.82, 2.24) is 15.1 Å². The molecule has 1 rings (SSSR count). The number of nitrogens with zero attached hydrogens (tertiary/aromatic N) is 2. The van der Waals surface area contributed by atoms with Gasteiger partial charge in [0, 0.05) is 39.9 Å². The summed E-state index contributed by atoms with van der Waals surface area (Å²) in [4.78, 5) is 0. The van der Waals surface area contributed by atoms with Gasteiger partial charge in [-0.2, -0.15) is 5.10 Å². The van der Waals surface area contributed by atoms with E-state index in [1.165, 1.54) is 0 Å². The molecule has 6 nitrogen and oxygen atoms in total. The molecular weight excluding hydrogens is 246 g/mol. The van der Waals surface area contributed by atoms with E-state index in [-0.39, 0.29) is 6.10 Å². The topological polar surface area (TPSA) is 68.5 Å². The van der Waals surface area contributed by atoms with Crippen LogP contribution in [0.4, 0.5) is 0 Å². The highest BCUT2D eigenvalue weighted by Gasteiger charge is 2.07. The summed E-state index contributed by atoms with van der Waals surface area (Å²) in [6, 6.07) is 1.99. The fourth-order valence-electron chi connectivity index (χ4n) is 1.70. The first kappa shape index (κ1) is 16.1. The van der Waals surface area contributed by atoms with Crippen LogP contribution in [0.2, 0.25) is 0 Å². The molecule has 0 saturated heterocycles. The Balaban J connectivity index is 2.02. The predicted octanol–water partition coefficient (Wildman–Crippen LogP) is -0.0354. The summed E-state index contributed by atoms with van der Waals surface area (Å²) < 4.78 is 12.2. The van der Waals surface area contributed by atoms with Crippen LogP contribution in [-0.4, -0.2) is 60.5 Å². The molecule has 0 aromatic carbocycles. The van der Waals surface area contributed by atoms with Crippen LogP contribution in [0.5, 0.6) is 0 Å². The third-order valence-corrected chi connectivity index (χ3v) is 2.68. The maximum Gasteiger partial charge on any atom is 0.0897 e. The Labute approximate surface area is 114 Å². The van der Waals surface area contributed by atoms with Gasteiger partial charge in [0.15, 0.2) is 0 Å². The van der Waals surface area contributed by atoms with E-state index in [4.69, 9.17) is 9.47 Å². The number of methoxy groups -OCH3 is 1. The van der Waals surface area contributed by atoms with Gasteiger partial charge in [0.2, 0.25) is 0 Å². The van der Waals surface area contributed by atoms with Crippen LogP contribution in [0.15, 0.2) is 12.3 Å².